The minimum absolute atomic E-state index is 0.454. The first-order chi connectivity index (χ1) is 10.3. The molecule has 0 amide bonds. The van der Waals surface area contributed by atoms with Crippen molar-refractivity contribution in [2.75, 3.05) is 0 Å². The molecule has 3 rings (SSSR count). The third-order valence-corrected chi connectivity index (χ3v) is 3.57. The normalized spacial score (nSPS) is 12.0. The van der Waals surface area contributed by atoms with Crippen LogP contribution < -0.4 is 0 Å². The highest BCUT2D eigenvalue weighted by molar-refractivity contribution is 9.10. The average molecular weight is 346 g/mol. The zero-order chi connectivity index (χ0) is 14.7. The van der Waals surface area contributed by atoms with Crippen molar-refractivity contribution in [1.29, 1.82) is 0 Å². The van der Waals surface area contributed by atoms with Crippen molar-refractivity contribution in [3.05, 3.63) is 71.2 Å². The van der Waals surface area contributed by atoms with Crippen LogP contribution in [0.2, 0.25) is 0 Å². The third-order valence-electron chi connectivity index (χ3n) is 3.04. The summed E-state index contributed by atoms with van der Waals surface area (Å²) >= 11 is 3.39. The van der Waals surface area contributed by atoms with Gasteiger partial charge in [0.2, 0.25) is 0 Å². The van der Waals surface area contributed by atoms with Crippen molar-refractivity contribution in [2.24, 2.45) is 5.16 Å². The molecule has 0 saturated heterocycles. The van der Waals surface area contributed by atoms with E-state index < -0.39 is 6.17 Å². The molecule has 7 heteroatoms. The lowest BCUT2D eigenvalue weighted by molar-refractivity contribution is 0.310. The molecule has 0 fully saturated rings. The summed E-state index contributed by atoms with van der Waals surface area (Å²) in [5.74, 6) is 0. The molecule has 0 unspecified atom stereocenters. The summed E-state index contributed by atoms with van der Waals surface area (Å²) in [6, 6.07) is 11.2. The van der Waals surface area contributed by atoms with Gasteiger partial charge in [-0.3, -0.25) is 0 Å². The highest BCUT2D eigenvalue weighted by atomic mass is 79.9. The Morgan fingerprint density at radius 3 is 2.05 bits per heavy atom. The maximum absolute atomic E-state index is 9.51. The molecule has 0 radical (unpaired) electrons. The van der Waals surface area contributed by atoms with Gasteiger partial charge in [0.25, 0.3) is 0 Å². The van der Waals surface area contributed by atoms with Crippen LogP contribution in [0.15, 0.2) is 70.8 Å². The lowest BCUT2D eigenvalue weighted by Gasteiger charge is -2.19. The quantitative estimate of drug-likeness (QED) is 0.449. The van der Waals surface area contributed by atoms with Gasteiger partial charge in [0.1, 0.15) is 5.71 Å². The van der Waals surface area contributed by atoms with Gasteiger partial charge in [0.15, 0.2) is 6.17 Å². The Morgan fingerprint density at radius 2 is 1.62 bits per heavy atom. The largest absolute Gasteiger partial charge is 0.411 e. The predicted octanol–water partition coefficient (Wildman–Crippen LogP) is 2.77. The molecular weight excluding hydrogens is 334 g/mol. The maximum Gasteiger partial charge on any atom is 0.189 e. The number of aromatic nitrogens is 4. The van der Waals surface area contributed by atoms with Gasteiger partial charge in [-0.1, -0.05) is 33.2 Å². The Morgan fingerprint density at radius 1 is 1.05 bits per heavy atom. The molecule has 0 aliphatic rings. The van der Waals surface area contributed by atoms with Crippen LogP contribution in [0, 0.1) is 0 Å². The van der Waals surface area contributed by atoms with Crippen molar-refractivity contribution >= 4 is 21.6 Å². The molecule has 0 bridgehead atoms. The van der Waals surface area contributed by atoms with Gasteiger partial charge >= 0.3 is 0 Å². The van der Waals surface area contributed by atoms with Crippen LogP contribution in [0.1, 0.15) is 11.7 Å². The molecule has 0 spiro atoms. The molecular formula is C14H12BrN5O. The van der Waals surface area contributed by atoms with Gasteiger partial charge in [-0.2, -0.15) is 10.2 Å². The Balaban J connectivity index is 2.08. The summed E-state index contributed by atoms with van der Waals surface area (Å²) in [5.41, 5.74) is 1.24. The predicted molar refractivity (Wildman–Crippen MR) is 81.4 cm³/mol. The van der Waals surface area contributed by atoms with E-state index >= 15 is 0 Å². The van der Waals surface area contributed by atoms with Crippen LogP contribution in [-0.4, -0.2) is 30.5 Å². The van der Waals surface area contributed by atoms with Crippen LogP contribution in [0.3, 0.4) is 0 Å². The Hall–Kier alpha value is -2.41. The fourth-order valence-electron chi connectivity index (χ4n) is 2.10. The Bertz CT molecular complexity index is 685. The van der Waals surface area contributed by atoms with Crippen LogP contribution in [0.4, 0.5) is 0 Å². The summed E-state index contributed by atoms with van der Waals surface area (Å²) in [4.78, 5) is 0. The number of oxime groups is 1. The van der Waals surface area contributed by atoms with E-state index in [9.17, 15) is 5.21 Å². The fraction of sp³-hybridized carbons (Fsp3) is 0.0714. The van der Waals surface area contributed by atoms with E-state index in [-0.39, 0.29) is 0 Å². The summed E-state index contributed by atoms with van der Waals surface area (Å²) in [6.07, 6.45) is 6.49. The molecule has 6 nitrogen and oxygen atoms in total. The number of halogens is 1. The van der Waals surface area contributed by atoms with Crippen molar-refractivity contribution in [1.82, 2.24) is 19.6 Å². The van der Waals surface area contributed by atoms with Crippen molar-refractivity contribution in [2.45, 2.75) is 6.17 Å². The van der Waals surface area contributed by atoms with Crippen LogP contribution >= 0.6 is 15.9 Å². The molecule has 1 N–H and O–H groups in total. The molecule has 21 heavy (non-hydrogen) atoms. The molecule has 0 aliphatic heterocycles. The minimum Gasteiger partial charge on any atom is -0.411 e. The van der Waals surface area contributed by atoms with Gasteiger partial charge < -0.3 is 5.21 Å². The standard InChI is InChI=1S/C14H12BrN5O/c15-12-5-3-11(4-6-12)13(18-21)14(19-9-1-7-16-19)20-10-2-8-17-20/h1-10,14,21H. The second kappa shape index (κ2) is 5.92. The monoisotopic (exact) mass is 345 g/mol. The molecule has 1 aromatic carbocycles. The van der Waals surface area contributed by atoms with Crippen molar-refractivity contribution in [3.8, 4) is 0 Å². The number of nitrogens with zero attached hydrogens (tertiary/aromatic N) is 5. The lowest BCUT2D eigenvalue weighted by Crippen LogP contribution is -2.28. The van der Waals surface area contributed by atoms with E-state index in [0.717, 1.165) is 10.0 Å². The van der Waals surface area contributed by atoms with Crippen LogP contribution in [0.5, 0.6) is 0 Å². The summed E-state index contributed by atoms with van der Waals surface area (Å²) < 4.78 is 4.33. The first-order valence-corrected chi connectivity index (χ1v) is 7.05. The van der Waals surface area contributed by atoms with Gasteiger partial charge in [0, 0.05) is 34.8 Å². The van der Waals surface area contributed by atoms with Gasteiger partial charge in [-0.25, -0.2) is 9.36 Å². The number of hydrogen-bond acceptors (Lipinski definition) is 4. The third kappa shape index (κ3) is 2.73. The van der Waals surface area contributed by atoms with E-state index in [1.54, 1.807) is 34.2 Å². The van der Waals surface area contributed by atoms with Crippen LogP contribution in [0.25, 0.3) is 0 Å². The van der Waals surface area contributed by atoms with Crippen molar-refractivity contribution < 1.29 is 5.21 Å². The lowest BCUT2D eigenvalue weighted by atomic mass is 10.1. The van der Waals surface area contributed by atoms with Gasteiger partial charge in [-0.15, -0.1) is 0 Å². The van der Waals surface area contributed by atoms with Gasteiger partial charge in [-0.05, 0) is 24.3 Å². The average Bonchev–Trinajstić information content (AvgIpc) is 3.19. The fourth-order valence-corrected chi connectivity index (χ4v) is 2.37. The van der Waals surface area contributed by atoms with E-state index in [4.69, 9.17) is 0 Å². The SMILES string of the molecule is ON=C(c1ccc(Br)cc1)C(n1cccn1)n1cccn1. The number of benzene rings is 1. The number of rotatable bonds is 4. The molecule has 106 valence electrons. The van der Waals surface area contributed by atoms with E-state index in [0.29, 0.717) is 5.71 Å². The second-order valence-corrected chi connectivity index (χ2v) is 5.25. The number of hydrogen-bond donors (Lipinski definition) is 1. The highest BCUT2D eigenvalue weighted by Gasteiger charge is 2.23. The first-order valence-electron chi connectivity index (χ1n) is 6.26. The zero-order valence-corrected chi connectivity index (χ0v) is 12.5. The summed E-state index contributed by atoms with van der Waals surface area (Å²) in [5, 5.41) is 21.5. The van der Waals surface area contributed by atoms with E-state index in [2.05, 4.69) is 31.3 Å². The molecule has 2 heterocycles. The first kappa shape index (κ1) is 13.6. The van der Waals surface area contributed by atoms with E-state index in [1.807, 2.05) is 36.4 Å². The van der Waals surface area contributed by atoms with Gasteiger partial charge in [0.05, 0.1) is 0 Å². The summed E-state index contributed by atoms with van der Waals surface area (Å²) in [7, 11) is 0. The second-order valence-electron chi connectivity index (χ2n) is 4.34. The maximum atomic E-state index is 9.51. The topological polar surface area (TPSA) is 68.2 Å². The van der Waals surface area contributed by atoms with Crippen molar-refractivity contribution in [3.63, 3.8) is 0 Å². The highest BCUT2D eigenvalue weighted by Crippen LogP contribution is 2.19. The molecule has 0 aliphatic carbocycles. The minimum atomic E-state index is -0.457. The molecule has 0 saturated carbocycles. The molecule has 0 atom stereocenters. The zero-order valence-electron chi connectivity index (χ0n) is 10.9. The smallest absolute Gasteiger partial charge is 0.189 e. The molecule has 2 aromatic heterocycles. The summed E-state index contributed by atoms with van der Waals surface area (Å²) in [6.45, 7) is 0. The molecule has 3 aromatic rings. The Kier molecular flexibility index (Phi) is 3.83. The van der Waals surface area contributed by atoms with E-state index in [1.165, 1.54) is 0 Å². The van der Waals surface area contributed by atoms with Crippen LogP contribution in [-0.2, 0) is 0 Å². The Labute approximate surface area is 129 Å².